The van der Waals surface area contributed by atoms with Crippen LogP contribution in [-0.2, 0) is 11.2 Å². The Morgan fingerprint density at radius 3 is 2.85 bits per heavy atom. The minimum Gasteiger partial charge on any atom is -0.397 e. The molecular weight excluding hydrogens is 346 g/mol. The molecule has 2 aromatic heterocycles. The molecule has 0 aliphatic rings. The van der Waals surface area contributed by atoms with Crippen LogP contribution in [0.15, 0.2) is 47.2 Å². The summed E-state index contributed by atoms with van der Waals surface area (Å²) in [5.41, 5.74) is 8.02. The molecule has 4 N–H and O–H groups in total. The molecule has 140 valence electrons. The van der Waals surface area contributed by atoms with Gasteiger partial charge in [0.1, 0.15) is 0 Å². The molecule has 8 nitrogen and oxygen atoms in total. The number of nitrogens with two attached hydrogens (primary N) is 1. The van der Waals surface area contributed by atoms with Gasteiger partial charge in [-0.2, -0.15) is 0 Å². The summed E-state index contributed by atoms with van der Waals surface area (Å²) in [6, 6.07) is 8.47. The monoisotopic (exact) mass is 367 g/mol. The number of benzene rings is 1. The van der Waals surface area contributed by atoms with Gasteiger partial charge in [0.15, 0.2) is 5.58 Å². The van der Waals surface area contributed by atoms with Crippen molar-refractivity contribution in [3.8, 4) is 0 Å². The summed E-state index contributed by atoms with van der Waals surface area (Å²) in [5.74, 6) is -0.334. The fourth-order valence-electron chi connectivity index (χ4n) is 2.54. The van der Waals surface area contributed by atoms with Gasteiger partial charge in [-0.25, -0.2) is 0 Å². The number of hydrogen-bond acceptors (Lipinski definition) is 6. The second kappa shape index (κ2) is 8.31. The molecule has 0 radical (unpaired) electrons. The number of nitrogen functional groups attached to an aromatic ring is 1. The van der Waals surface area contributed by atoms with E-state index in [4.69, 9.17) is 10.3 Å². The lowest BCUT2D eigenvalue weighted by molar-refractivity contribution is -0.121. The predicted molar refractivity (Wildman–Crippen MR) is 101 cm³/mol. The van der Waals surface area contributed by atoms with Gasteiger partial charge in [0.05, 0.1) is 18.1 Å². The van der Waals surface area contributed by atoms with Crippen LogP contribution in [0.4, 0.5) is 5.69 Å². The van der Waals surface area contributed by atoms with E-state index in [-0.39, 0.29) is 17.9 Å². The molecule has 0 unspecified atom stereocenters. The third kappa shape index (κ3) is 5.04. The normalized spacial score (nSPS) is 11.9. The van der Waals surface area contributed by atoms with E-state index >= 15 is 0 Å². The molecule has 0 bridgehead atoms. The highest BCUT2D eigenvalue weighted by Crippen LogP contribution is 2.15. The number of rotatable bonds is 7. The Morgan fingerprint density at radius 2 is 2.07 bits per heavy atom. The van der Waals surface area contributed by atoms with Crippen molar-refractivity contribution in [3.63, 3.8) is 0 Å². The minimum absolute atomic E-state index is 0.0993. The van der Waals surface area contributed by atoms with Gasteiger partial charge in [-0.1, -0.05) is 5.16 Å². The summed E-state index contributed by atoms with van der Waals surface area (Å²) in [4.78, 5) is 28.4. The Hall–Kier alpha value is -3.42. The number of carbonyl (C=O) groups excluding carboxylic acids is 2. The van der Waals surface area contributed by atoms with Crippen molar-refractivity contribution < 1.29 is 14.1 Å². The molecule has 0 saturated heterocycles. The molecule has 1 aromatic carbocycles. The maximum absolute atomic E-state index is 12.3. The number of pyridine rings is 1. The van der Waals surface area contributed by atoms with Crippen molar-refractivity contribution in [2.45, 2.75) is 25.8 Å². The topological polar surface area (TPSA) is 123 Å². The molecule has 0 aliphatic carbocycles. The highest BCUT2D eigenvalue weighted by molar-refractivity contribution is 5.97. The second-order valence-electron chi connectivity index (χ2n) is 6.34. The number of aromatic nitrogens is 2. The first-order valence-electron chi connectivity index (χ1n) is 8.63. The summed E-state index contributed by atoms with van der Waals surface area (Å²) in [6.45, 7) is 2.16. The van der Waals surface area contributed by atoms with Gasteiger partial charge in [-0.3, -0.25) is 14.6 Å². The molecule has 0 saturated carbocycles. The first kappa shape index (κ1) is 18.4. The number of anilines is 1. The van der Waals surface area contributed by atoms with Crippen molar-refractivity contribution in [3.05, 3.63) is 54.0 Å². The van der Waals surface area contributed by atoms with Gasteiger partial charge in [0.25, 0.3) is 5.91 Å². The van der Waals surface area contributed by atoms with Crippen LogP contribution in [0.5, 0.6) is 0 Å². The summed E-state index contributed by atoms with van der Waals surface area (Å²) >= 11 is 0. The van der Waals surface area contributed by atoms with Crippen LogP contribution in [0.1, 0.15) is 29.4 Å². The van der Waals surface area contributed by atoms with Crippen molar-refractivity contribution in [2.75, 3.05) is 12.3 Å². The number of carbonyl (C=O) groups is 2. The Bertz CT molecular complexity index is 936. The highest BCUT2D eigenvalue weighted by Gasteiger charge is 2.12. The quantitative estimate of drug-likeness (QED) is 0.584. The van der Waals surface area contributed by atoms with E-state index in [0.29, 0.717) is 36.2 Å². The third-order valence-electron chi connectivity index (χ3n) is 4.06. The number of nitrogens with one attached hydrogen (secondary N) is 2. The van der Waals surface area contributed by atoms with Gasteiger partial charge in [0, 0.05) is 35.7 Å². The Balaban J connectivity index is 1.42. The number of hydrogen-bond donors (Lipinski definition) is 3. The lowest BCUT2D eigenvalue weighted by Gasteiger charge is -2.15. The van der Waals surface area contributed by atoms with E-state index in [1.807, 2.05) is 6.92 Å². The Morgan fingerprint density at radius 1 is 1.22 bits per heavy atom. The van der Waals surface area contributed by atoms with Crippen LogP contribution in [0.25, 0.3) is 11.0 Å². The van der Waals surface area contributed by atoms with Crippen LogP contribution in [0.2, 0.25) is 0 Å². The van der Waals surface area contributed by atoms with Crippen molar-refractivity contribution in [2.24, 2.45) is 0 Å². The summed E-state index contributed by atoms with van der Waals surface area (Å²) in [5, 5.41) is 10.2. The first-order chi connectivity index (χ1) is 13.0. The molecule has 0 spiro atoms. The summed E-state index contributed by atoms with van der Waals surface area (Å²) < 4.78 is 5.06. The fourth-order valence-corrected chi connectivity index (χ4v) is 2.54. The SMILES string of the molecule is C[C@H](CNC(=O)CCc1ccc(N)cn1)NC(=O)c1ccc2cnoc2c1. The van der Waals surface area contributed by atoms with Crippen LogP contribution in [-0.4, -0.2) is 34.5 Å². The van der Waals surface area contributed by atoms with Crippen molar-refractivity contribution >= 4 is 28.5 Å². The highest BCUT2D eigenvalue weighted by atomic mass is 16.5. The molecule has 3 aromatic rings. The zero-order valence-corrected chi connectivity index (χ0v) is 14.9. The number of nitrogens with zero attached hydrogens (tertiary/aromatic N) is 2. The standard InChI is InChI=1S/C19H21N5O3/c1-12(9-22-18(25)7-6-16-5-4-15(20)11-21-16)24-19(26)13-2-3-14-10-23-27-17(14)8-13/h2-5,8,10-12H,6-7,9,20H2,1H3,(H,22,25)(H,24,26)/t12-/m1/s1. The molecule has 0 fully saturated rings. The lowest BCUT2D eigenvalue weighted by atomic mass is 10.1. The Labute approximate surface area is 156 Å². The molecule has 8 heteroatoms. The number of fused-ring (bicyclic) bond motifs is 1. The zero-order chi connectivity index (χ0) is 19.2. The molecular formula is C19H21N5O3. The van der Waals surface area contributed by atoms with Crippen LogP contribution in [0, 0.1) is 0 Å². The van der Waals surface area contributed by atoms with E-state index < -0.39 is 0 Å². The van der Waals surface area contributed by atoms with E-state index in [0.717, 1.165) is 11.1 Å². The molecule has 27 heavy (non-hydrogen) atoms. The maximum Gasteiger partial charge on any atom is 0.251 e. The van der Waals surface area contributed by atoms with Crippen LogP contribution in [0.3, 0.4) is 0 Å². The van der Waals surface area contributed by atoms with Crippen molar-refractivity contribution in [1.29, 1.82) is 0 Å². The minimum atomic E-state index is -0.235. The predicted octanol–water partition coefficient (Wildman–Crippen LogP) is 1.67. The van der Waals surface area contributed by atoms with Gasteiger partial charge >= 0.3 is 0 Å². The van der Waals surface area contributed by atoms with Gasteiger partial charge in [0.2, 0.25) is 5.91 Å². The summed E-state index contributed by atoms with van der Waals surface area (Å²) in [6.07, 6.45) is 4.01. The van der Waals surface area contributed by atoms with Gasteiger partial charge < -0.3 is 20.9 Å². The number of aryl methyl sites for hydroxylation is 1. The van der Waals surface area contributed by atoms with Crippen LogP contribution < -0.4 is 16.4 Å². The first-order valence-corrected chi connectivity index (χ1v) is 8.63. The number of amides is 2. The Kier molecular flexibility index (Phi) is 5.65. The average Bonchev–Trinajstić information content (AvgIpc) is 3.13. The molecule has 3 rings (SSSR count). The molecule has 2 heterocycles. The molecule has 0 aliphatic heterocycles. The van der Waals surface area contributed by atoms with E-state index in [1.54, 1.807) is 42.7 Å². The second-order valence-corrected chi connectivity index (χ2v) is 6.34. The fraction of sp³-hybridized carbons (Fsp3) is 0.263. The lowest BCUT2D eigenvalue weighted by Crippen LogP contribution is -2.41. The van der Waals surface area contributed by atoms with E-state index in [1.165, 1.54) is 0 Å². The third-order valence-corrected chi connectivity index (χ3v) is 4.06. The molecule has 1 atom stereocenters. The largest absolute Gasteiger partial charge is 0.397 e. The average molecular weight is 367 g/mol. The molecule has 2 amide bonds. The van der Waals surface area contributed by atoms with Gasteiger partial charge in [-0.15, -0.1) is 0 Å². The smallest absolute Gasteiger partial charge is 0.251 e. The zero-order valence-electron chi connectivity index (χ0n) is 14.9. The van der Waals surface area contributed by atoms with Gasteiger partial charge in [-0.05, 0) is 43.7 Å². The van der Waals surface area contributed by atoms with Crippen molar-refractivity contribution in [1.82, 2.24) is 20.8 Å². The van der Waals surface area contributed by atoms with E-state index in [9.17, 15) is 9.59 Å². The van der Waals surface area contributed by atoms with Crippen LogP contribution >= 0.6 is 0 Å². The summed E-state index contributed by atoms with van der Waals surface area (Å²) in [7, 11) is 0. The van der Waals surface area contributed by atoms with E-state index in [2.05, 4.69) is 20.8 Å². The maximum atomic E-state index is 12.3.